The summed E-state index contributed by atoms with van der Waals surface area (Å²) >= 11 is 0. The molecule has 0 unspecified atom stereocenters. The average Bonchev–Trinajstić information content (AvgIpc) is 3.09. The fraction of sp³-hybridized carbons (Fsp3) is 0.925. The first-order valence-corrected chi connectivity index (χ1v) is 19.8. The van der Waals surface area contributed by atoms with Crippen LogP contribution in [0.5, 0.6) is 0 Å². The molecule has 7 rings (SSSR count). The summed E-state index contributed by atoms with van der Waals surface area (Å²) in [6.07, 6.45) is -0.763. The Hall–Kier alpha value is -1.19. The molecule has 2 aliphatic heterocycles. The lowest BCUT2D eigenvalue weighted by Crippen LogP contribution is -2.67. The molecule has 0 aromatic rings. The highest BCUT2D eigenvalue weighted by Gasteiger charge is 2.70. The summed E-state index contributed by atoms with van der Waals surface area (Å²) in [6.45, 7) is 13.3. The van der Waals surface area contributed by atoms with Crippen molar-refractivity contribution in [2.75, 3.05) is 19.8 Å². The molecule has 0 amide bonds. The number of hydrogen-bond acceptors (Lipinski definition) is 11. The molecule has 2 heterocycles. The van der Waals surface area contributed by atoms with Gasteiger partial charge in [0, 0.05) is 5.41 Å². The van der Waals surface area contributed by atoms with E-state index in [1.807, 2.05) is 0 Å². The van der Waals surface area contributed by atoms with E-state index < -0.39 is 72.1 Å². The highest BCUT2D eigenvalue weighted by molar-refractivity contribution is 5.76. The van der Waals surface area contributed by atoms with E-state index in [2.05, 4.69) is 47.6 Å². The number of carbonyl (C=O) groups is 1. The molecule has 12 nitrogen and oxygen atoms in total. The highest BCUT2D eigenvalue weighted by Crippen LogP contribution is 2.76. The number of aliphatic carboxylic acids is 1. The molecule has 0 aromatic heterocycles. The van der Waals surface area contributed by atoms with Gasteiger partial charge in [-0.25, -0.2) is 0 Å². The van der Waals surface area contributed by atoms with Gasteiger partial charge in [0.05, 0.1) is 31.3 Å². The number of hydrogen-bond donors (Lipinski definition) is 7. The van der Waals surface area contributed by atoms with Crippen molar-refractivity contribution in [1.29, 1.82) is 0 Å². The van der Waals surface area contributed by atoms with Crippen LogP contribution in [-0.4, -0.2) is 117 Å². The quantitative estimate of drug-likeness (QED) is 0.156. The molecule has 12 heteroatoms. The number of allylic oxidation sites excluding steroid dienone is 2. The Morgan fingerprint density at radius 2 is 1.44 bits per heavy atom. The van der Waals surface area contributed by atoms with E-state index in [0.717, 1.165) is 51.4 Å². The Bertz CT molecular complexity index is 1400. The molecule has 52 heavy (non-hydrogen) atoms. The smallest absolute Gasteiger partial charge is 0.310 e. The van der Waals surface area contributed by atoms with E-state index in [4.69, 9.17) is 18.9 Å². The van der Waals surface area contributed by atoms with Gasteiger partial charge in [0.1, 0.15) is 36.6 Å². The third kappa shape index (κ3) is 5.63. The van der Waals surface area contributed by atoms with Crippen LogP contribution < -0.4 is 0 Å². The first kappa shape index (κ1) is 39.1. The van der Waals surface area contributed by atoms with Crippen molar-refractivity contribution in [3.05, 3.63) is 11.6 Å². The predicted octanol–water partition coefficient (Wildman–Crippen LogP) is 3.13. The van der Waals surface area contributed by atoms with E-state index in [-0.39, 0.29) is 53.3 Å². The van der Waals surface area contributed by atoms with Crippen molar-refractivity contribution in [3.8, 4) is 0 Å². The van der Waals surface area contributed by atoms with Crippen molar-refractivity contribution in [2.24, 2.45) is 50.2 Å². The molecule has 17 atom stereocenters. The van der Waals surface area contributed by atoms with E-state index in [1.165, 1.54) is 5.57 Å². The van der Waals surface area contributed by atoms with Gasteiger partial charge in [0.15, 0.2) is 12.6 Å². The zero-order valence-electron chi connectivity index (χ0n) is 31.9. The van der Waals surface area contributed by atoms with Gasteiger partial charge >= 0.3 is 5.97 Å². The van der Waals surface area contributed by atoms with E-state index in [1.54, 1.807) is 0 Å². The molecule has 5 aliphatic carbocycles. The average molecular weight is 737 g/mol. The summed E-state index contributed by atoms with van der Waals surface area (Å²) in [5.41, 5.74) is -0.220. The molecule has 4 saturated carbocycles. The van der Waals surface area contributed by atoms with E-state index >= 15 is 0 Å². The van der Waals surface area contributed by atoms with Gasteiger partial charge in [-0.1, -0.05) is 53.2 Å². The molecular weight excluding hydrogens is 672 g/mol. The van der Waals surface area contributed by atoms with Crippen LogP contribution >= 0.6 is 0 Å². The summed E-state index contributed by atoms with van der Waals surface area (Å²) < 4.78 is 24.0. The van der Waals surface area contributed by atoms with Gasteiger partial charge < -0.3 is 54.7 Å². The minimum absolute atomic E-state index is 0.0376. The molecule has 6 fully saturated rings. The minimum atomic E-state index is -1.61. The van der Waals surface area contributed by atoms with Crippen LogP contribution in [0.4, 0.5) is 0 Å². The zero-order chi connectivity index (χ0) is 37.8. The van der Waals surface area contributed by atoms with Gasteiger partial charge in [-0.15, -0.1) is 0 Å². The second-order valence-electron chi connectivity index (χ2n) is 19.6. The Labute approximate surface area is 307 Å². The second kappa shape index (κ2) is 13.2. The number of aliphatic hydroxyl groups is 6. The fourth-order valence-corrected chi connectivity index (χ4v) is 13.1. The van der Waals surface area contributed by atoms with Crippen molar-refractivity contribution in [2.45, 2.75) is 161 Å². The van der Waals surface area contributed by atoms with Crippen LogP contribution in [0, 0.1) is 50.2 Å². The van der Waals surface area contributed by atoms with Crippen LogP contribution in [0.2, 0.25) is 0 Å². The van der Waals surface area contributed by atoms with Crippen LogP contribution in [0.25, 0.3) is 0 Å². The van der Waals surface area contributed by atoms with Crippen molar-refractivity contribution < 1.29 is 59.5 Å². The lowest BCUT2D eigenvalue weighted by molar-refractivity contribution is -0.358. The van der Waals surface area contributed by atoms with E-state index in [0.29, 0.717) is 18.8 Å². The van der Waals surface area contributed by atoms with Gasteiger partial charge in [-0.05, 0) is 104 Å². The Morgan fingerprint density at radius 3 is 2.12 bits per heavy atom. The highest BCUT2D eigenvalue weighted by atomic mass is 16.7. The molecule has 0 spiro atoms. The number of ether oxygens (including phenoxy) is 4. The van der Waals surface area contributed by atoms with Crippen LogP contribution in [0.15, 0.2) is 11.6 Å². The van der Waals surface area contributed by atoms with Crippen LogP contribution in [0.3, 0.4) is 0 Å². The molecule has 0 aromatic carbocycles. The SMILES string of the molecule is CC1(C)CC[C@]2(C(=O)O)CC[C@]3(C)C(=CC[C@@H]4[C@@]5(C)CC[C@H](O[C@H]6OC[C@H](O)[C@H](O)[C@H]6O[C@@H]6OC[C@@H](O)[C@H](O)[C@H]6O)[C@@](C)(CO)[C@@H]5CC[C@]43C)[C@@H]2C1. The summed E-state index contributed by atoms with van der Waals surface area (Å²) in [5, 5.41) is 74.2. The number of rotatable bonds is 6. The second-order valence-corrected chi connectivity index (χ2v) is 19.6. The van der Waals surface area contributed by atoms with Crippen LogP contribution in [0.1, 0.15) is 106 Å². The maximum absolute atomic E-state index is 13.0. The summed E-state index contributed by atoms with van der Waals surface area (Å²) in [5.74, 6) is -0.185. The van der Waals surface area contributed by atoms with Crippen LogP contribution in [-0.2, 0) is 23.7 Å². The molecule has 7 N–H and O–H groups in total. The maximum Gasteiger partial charge on any atom is 0.310 e. The lowest BCUT2D eigenvalue weighted by atomic mass is 9.33. The summed E-state index contributed by atoms with van der Waals surface area (Å²) in [6, 6.07) is 0. The van der Waals surface area contributed by atoms with E-state index in [9.17, 15) is 40.5 Å². The maximum atomic E-state index is 13.0. The lowest BCUT2D eigenvalue weighted by Gasteiger charge is -2.71. The largest absolute Gasteiger partial charge is 0.481 e. The minimum Gasteiger partial charge on any atom is -0.481 e. The molecular formula is C40H64O12. The van der Waals surface area contributed by atoms with Crippen molar-refractivity contribution in [3.63, 3.8) is 0 Å². The molecule has 2 saturated heterocycles. The molecule has 7 aliphatic rings. The number of fused-ring (bicyclic) bond motifs is 7. The fourth-order valence-electron chi connectivity index (χ4n) is 13.1. The standard InChI is InChI=1S/C40H64O12/c1-35(2)13-15-40(34(47)48)16-14-38(5)21(22(40)17-35)7-8-26-36(3)11-10-27(37(4,20-41)25(36)9-12-39(26,38)6)51-33-31(29(45)24(43)19-50-33)52-32-30(46)28(44)23(42)18-49-32/h7,22-33,41-46H,8-20H2,1-6H3,(H,47,48)/t22-,23+,24-,25+,26+,27-,28-,29-,30+,31+,32-,33+,36-,37-,38+,39+,40-/m0/s1. The van der Waals surface area contributed by atoms with Crippen molar-refractivity contribution in [1.82, 2.24) is 0 Å². The Balaban J connectivity index is 1.15. The Morgan fingerprint density at radius 1 is 0.788 bits per heavy atom. The third-order valence-electron chi connectivity index (χ3n) is 16.6. The van der Waals surface area contributed by atoms with Crippen molar-refractivity contribution >= 4 is 5.97 Å². The van der Waals surface area contributed by atoms with Gasteiger partial charge in [-0.3, -0.25) is 4.79 Å². The third-order valence-corrected chi connectivity index (χ3v) is 16.6. The summed E-state index contributed by atoms with van der Waals surface area (Å²) in [4.78, 5) is 13.0. The summed E-state index contributed by atoms with van der Waals surface area (Å²) in [7, 11) is 0. The number of aliphatic hydroxyl groups excluding tert-OH is 6. The first-order valence-electron chi connectivity index (χ1n) is 19.8. The Kier molecular flexibility index (Phi) is 9.92. The first-order chi connectivity index (χ1) is 24.3. The normalized spacial score (nSPS) is 54.5. The van der Waals surface area contributed by atoms with Gasteiger partial charge in [0.25, 0.3) is 0 Å². The topological polar surface area (TPSA) is 196 Å². The monoisotopic (exact) mass is 736 g/mol. The molecule has 0 bridgehead atoms. The number of carboxylic acid groups (broad SMARTS) is 1. The molecule has 0 radical (unpaired) electrons. The predicted molar refractivity (Wildman–Crippen MR) is 187 cm³/mol. The van der Waals surface area contributed by atoms with Gasteiger partial charge in [-0.2, -0.15) is 0 Å². The van der Waals surface area contributed by atoms with Gasteiger partial charge in [0.2, 0.25) is 0 Å². The molecule has 296 valence electrons. The zero-order valence-corrected chi connectivity index (χ0v) is 31.9. The number of carboxylic acids is 1.